The lowest BCUT2D eigenvalue weighted by Crippen LogP contribution is -2.16. The molecule has 1 aromatic heterocycles. The molecule has 0 aliphatic carbocycles. The molecule has 0 saturated carbocycles. The highest BCUT2D eigenvalue weighted by Crippen LogP contribution is 2.34. The van der Waals surface area contributed by atoms with Crippen molar-refractivity contribution in [2.24, 2.45) is 0 Å². The van der Waals surface area contributed by atoms with E-state index < -0.39 is 27.6 Å². The summed E-state index contributed by atoms with van der Waals surface area (Å²) in [6, 6.07) is 13.7. The van der Waals surface area contributed by atoms with Gasteiger partial charge in [0.25, 0.3) is 0 Å². The second-order valence-corrected chi connectivity index (χ2v) is 8.58. The minimum Gasteiger partial charge on any atom is -0.365 e. The molecule has 0 saturated heterocycles. The van der Waals surface area contributed by atoms with Gasteiger partial charge in [-0.1, -0.05) is 30.3 Å². The Balaban J connectivity index is 1.90. The summed E-state index contributed by atoms with van der Waals surface area (Å²) in [4.78, 5) is 7.74. The third-order valence-electron chi connectivity index (χ3n) is 4.13. The zero-order chi connectivity index (χ0) is 22.6. The van der Waals surface area contributed by atoms with Crippen LogP contribution in [0.5, 0.6) is 0 Å². The lowest BCUT2D eigenvalue weighted by atomic mass is 10.1. The van der Waals surface area contributed by atoms with Crippen LogP contribution < -0.4 is 15.4 Å². The van der Waals surface area contributed by atoms with Crippen molar-refractivity contribution in [3.05, 3.63) is 71.4 Å². The quantitative estimate of drug-likeness (QED) is 0.489. The van der Waals surface area contributed by atoms with Crippen LogP contribution in [0.4, 0.5) is 36.3 Å². The van der Waals surface area contributed by atoms with Crippen LogP contribution in [0, 0.1) is 6.92 Å². The summed E-state index contributed by atoms with van der Waals surface area (Å²) in [7, 11) is -3.57. The van der Waals surface area contributed by atoms with Crippen LogP contribution in [0.15, 0.2) is 54.7 Å². The van der Waals surface area contributed by atoms with Crippen LogP contribution in [-0.2, 0) is 22.7 Å². The number of rotatable bonds is 7. The monoisotopic (exact) mass is 451 g/mol. The Morgan fingerprint density at radius 3 is 2.42 bits per heavy atom. The maximum absolute atomic E-state index is 13.5. The lowest BCUT2D eigenvalue weighted by Gasteiger charge is -2.16. The van der Waals surface area contributed by atoms with E-state index in [1.165, 1.54) is 0 Å². The largest absolute Gasteiger partial charge is 0.421 e. The molecule has 3 rings (SSSR count). The maximum atomic E-state index is 13.5. The number of para-hydroxylation sites is 1. The number of sulfonamides is 1. The summed E-state index contributed by atoms with van der Waals surface area (Å²) >= 11 is 0. The second kappa shape index (κ2) is 8.80. The number of anilines is 4. The van der Waals surface area contributed by atoms with E-state index in [1.54, 1.807) is 55.5 Å². The minimum absolute atomic E-state index is 0.0138. The van der Waals surface area contributed by atoms with Gasteiger partial charge in [0.15, 0.2) is 0 Å². The number of alkyl halides is 3. The lowest BCUT2D eigenvalue weighted by molar-refractivity contribution is -0.137. The fourth-order valence-corrected chi connectivity index (χ4v) is 3.34. The average Bonchev–Trinajstić information content (AvgIpc) is 2.66. The van der Waals surface area contributed by atoms with Crippen molar-refractivity contribution in [2.75, 3.05) is 21.6 Å². The van der Waals surface area contributed by atoms with Crippen LogP contribution in [0.2, 0.25) is 0 Å². The van der Waals surface area contributed by atoms with Crippen molar-refractivity contribution in [3.63, 3.8) is 0 Å². The standard InChI is InChI=1S/C20H20F3N5O2S/c1-13-8-9-14(17(10-13)28-31(2,29)30)11-24-18-16(20(21,22)23)12-25-19(27-18)26-15-6-4-3-5-7-15/h3-10,12,28H,11H2,1-2H3,(H2,24,25,26,27). The number of halogens is 3. The highest BCUT2D eigenvalue weighted by molar-refractivity contribution is 7.92. The van der Waals surface area contributed by atoms with Gasteiger partial charge < -0.3 is 10.6 Å². The van der Waals surface area contributed by atoms with Crippen molar-refractivity contribution in [1.29, 1.82) is 0 Å². The molecule has 7 nitrogen and oxygen atoms in total. The van der Waals surface area contributed by atoms with Gasteiger partial charge in [0, 0.05) is 18.4 Å². The van der Waals surface area contributed by atoms with E-state index in [9.17, 15) is 21.6 Å². The van der Waals surface area contributed by atoms with E-state index in [1.807, 2.05) is 0 Å². The molecule has 3 aromatic rings. The fourth-order valence-electron chi connectivity index (χ4n) is 2.75. The Kier molecular flexibility index (Phi) is 6.34. The maximum Gasteiger partial charge on any atom is 0.421 e. The topological polar surface area (TPSA) is 96.0 Å². The smallest absolute Gasteiger partial charge is 0.365 e. The molecular weight excluding hydrogens is 431 g/mol. The van der Waals surface area contributed by atoms with Gasteiger partial charge in [0.1, 0.15) is 11.4 Å². The van der Waals surface area contributed by atoms with Crippen LogP contribution >= 0.6 is 0 Å². The first-order chi connectivity index (χ1) is 14.5. The van der Waals surface area contributed by atoms with Gasteiger partial charge in [0.05, 0.1) is 11.9 Å². The van der Waals surface area contributed by atoms with Crippen molar-refractivity contribution in [3.8, 4) is 0 Å². The minimum atomic E-state index is -4.67. The number of hydrogen-bond donors (Lipinski definition) is 3. The van der Waals surface area contributed by atoms with E-state index in [4.69, 9.17) is 0 Å². The summed E-state index contributed by atoms with van der Waals surface area (Å²) in [5.74, 6) is -0.438. The molecule has 164 valence electrons. The number of aryl methyl sites for hydroxylation is 1. The third kappa shape index (κ3) is 6.32. The van der Waals surface area contributed by atoms with E-state index in [2.05, 4.69) is 25.3 Å². The first-order valence-electron chi connectivity index (χ1n) is 9.09. The first-order valence-corrected chi connectivity index (χ1v) is 11.0. The van der Waals surface area contributed by atoms with Crippen LogP contribution in [0.3, 0.4) is 0 Å². The first kappa shape index (κ1) is 22.3. The summed E-state index contributed by atoms with van der Waals surface area (Å²) in [5.41, 5.74) is 1.12. The predicted molar refractivity (Wildman–Crippen MR) is 114 cm³/mol. The zero-order valence-corrected chi connectivity index (χ0v) is 17.5. The molecule has 11 heteroatoms. The van der Waals surface area contributed by atoms with Crippen molar-refractivity contribution < 1.29 is 21.6 Å². The summed E-state index contributed by atoms with van der Waals surface area (Å²) in [5, 5.41) is 5.51. The molecule has 2 aromatic carbocycles. The SMILES string of the molecule is Cc1ccc(CNc2nc(Nc3ccccc3)ncc2C(F)(F)F)c(NS(C)(=O)=O)c1. The third-order valence-corrected chi connectivity index (χ3v) is 4.72. The van der Waals surface area contributed by atoms with Crippen molar-refractivity contribution in [2.45, 2.75) is 19.6 Å². The van der Waals surface area contributed by atoms with E-state index in [0.29, 0.717) is 17.4 Å². The van der Waals surface area contributed by atoms with E-state index >= 15 is 0 Å². The number of benzene rings is 2. The van der Waals surface area contributed by atoms with Gasteiger partial charge >= 0.3 is 6.18 Å². The molecule has 0 aliphatic rings. The highest BCUT2D eigenvalue weighted by Gasteiger charge is 2.35. The summed E-state index contributed by atoms with van der Waals surface area (Å²) in [6.45, 7) is 1.68. The molecule has 0 radical (unpaired) electrons. The molecule has 0 bridgehead atoms. The van der Waals surface area contributed by atoms with Gasteiger partial charge in [-0.2, -0.15) is 18.2 Å². The molecule has 1 heterocycles. The Morgan fingerprint density at radius 2 is 1.77 bits per heavy atom. The second-order valence-electron chi connectivity index (χ2n) is 6.83. The normalized spacial score (nSPS) is 11.8. The van der Waals surface area contributed by atoms with E-state index in [-0.39, 0.29) is 18.2 Å². The number of nitrogens with one attached hydrogen (secondary N) is 3. The van der Waals surface area contributed by atoms with Gasteiger partial charge in [-0.05, 0) is 36.2 Å². The van der Waals surface area contributed by atoms with Crippen molar-refractivity contribution >= 4 is 33.2 Å². The number of nitrogens with zero attached hydrogens (tertiary/aromatic N) is 2. The molecule has 0 amide bonds. The van der Waals surface area contributed by atoms with Crippen LogP contribution in [0.1, 0.15) is 16.7 Å². The Hall–Kier alpha value is -3.34. The molecule has 0 atom stereocenters. The Labute approximate surface area is 177 Å². The highest BCUT2D eigenvalue weighted by atomic mass is 32.2. The molecule has 0 spiro atoms. The molecule has 0 fully saturated rings. The van der Waals surface area contributed by atoms with Crippen LogP contribution in [0.25, 0.3) is 0 Å². The fraction of sp³-hybridized carbons (Fsp3) is 0.200. The van der Waals surface area contributed by atoms with Crippen LogP contribution in [-0.4, -0.2) is 24.6 Å². The molecular formula is C20H20F3N5O2S. The zero-order valence-electron chi connectivity index (χ0n) is 16.7. The van der Waals surface area contributed by atoms with Gasteiger partial charge in [-0.3, -0.25) is 4.72 Å². The molecule has 0 aliphatic heterocycles. The predicted octanol–water partition coefficient (Wildman–Crippen LogP) is 4.53. The number of hydrogen-bond acceptors (Lipinski definition) is 6. The Morgan fingerprint density at radius 1 is 1.06 bits per heavy atom. The molecule has 3 N–H and O–H groups in total. The average molecular weight is 451 g/mol. The molecule has 0 unspecified atom stereocenters. The Bertz CT molecular complexity index is 1170. The summed E-state index contributed by atoms with van der Waals surface area (Å²) < 4.78 is 66.0. The van der Waals surface area contributed by atoms with E-state index in [0.717, 1.165) is 11.8 Å². The van der Waals surface area contributed by atoms with Gasteiger partial charge in [-0.25, -0.2) is 13.4 Å². The molecule has 31 heavy (non-hydrogen) atoms. The van der Waals surface area contributed by atoms with Crippen molar-refractivity contribution in [1.82, 2.24) is 9.97 Å². The summed E-state index contributed by atoms with van der Waals surface area (Å²) in [6.07, 6.45) is -2.97. The van der Waals surface area contributed by atoms with Gasteiger partial charge in [0.2, 0.25) is 16.0 Å². The van der Waals surface area contributed by atoms with Gasteiger partial charge in [-0.15, -0.1) is 0 Å². The number of aromatic nitrogens is 2.